The van der Waals surface area contributed by atoms with Gasteiger partial charge in [0.2, 0.25) is 0 Å². The molecule has 0 spiro atoms. The van der Waals surface area contributed by atoms with E-state index < -0.39 is 21.2 Å². The zero-order valence-corrected chi connectivity index (χ0v) is 41.1. The molecule has 1 fully saturated rings. The summed E-state index contributed by atoms with van der Waals surface area (Å²) in [7, 11) is -3.72. The molecular formula is C49H54ClF4N5O2S4. The lowest BCUT2D eigenvalue weighted by molar-refractivity contribution is -0.0328. The number of halogens is 5. The van der Waals surface area contributed by atoms with Crippen molar-refractivity contribution < 1.29 is 26.0 Å². The molecule has 2 heterocycles. The average Bonchev–Trinajstić information content (AvgIpc) is 3.58. The summed E-state index contributed by atoms with van der Waals surface area (Å²) in [6.45, 7) is 12.8. The highest BCUT2D eigenvalue weighted by Crippen LogP contribution is 2.45. The second-order valence-electron chi connectivity index (χ2n) is 16.4. The Morgan fingerprint density at radius 3 is 2.00 bits per heavy atom. The number of piperazine rings is 1. The molecule has 5 aromatic carbocycles. The Kier molecular flexibility index (Phi) is 16.9. The van der Waals surface area contributed by atoms with Gasteiger partial charge in [-0.2, -0.15) is 13.2 Å². The smallest absolute Gasteiger partial charge is 0.398 e. The molecule has 0 bridgehead atoms. The molecule has 1 aliphatic rings. The molecule has 346 valence electrons. The van der Waals surface area contributed by atoms with Crippen molar-refractivity contribution in [2.45, 2.75) is 72.2 Å². The van der Waals surface area contributed by atoms with E-state index in [1.807, 2.05) is 72.6 Å². The Morgan fingerprint density at radius 2 is 1.42 bits per heavy atom. The van der Waals surface area contributed by atoms with E-state index in [0.29, 0.717) is 64.3 Å². The van der Waals surface area contributed by atoms with Gasteiger partial charge in [-0.05, 0) is 159 Å². The first-order valence-corrected chi connectivity index (χ1v) is 26.0. The monoisotopic (exact) mass is 983 g/mol. The number of hydrogen-bond donors (Lipinski definition) is 2. The second-order valence-corrected chi connectivity index (χ2v) is 21.9. The molecule has 1 aromatic heterocycles. The molecule has 6 aromatic rings. The molecule has 1 saturated heterocycles. The minimum atomic E-state index is -4.43. The predicted octanol–water partition coefficient (Wildman–Crippen LogP) is 14.4. The maximum atomic E-state index is 15.5. The van der Waals surface area contributed by atoms with Crippen molar-refractivity contribution in [2.24, 2.45) is 5.92 Å². The van der Waals surface area contributed by atoms with Gasteiger partial charge in [0.15, 0.2) is 9.84 Å². The van der Waals surface area contributed by atoms with Gasteiger partial charge in [-0.25, -0.2) is 12.8 Å². The third-order valence-corrected chi connectivity index (χ3v) is 14.8. The number of nitrogens with one attached hydrogen (secondary N) is 1. The molecule has 0 atom stereocenters. The molecule has 7 nitrogen and oxygen atoms in total. The molecule has 7 rings (SSSR count). The van der Waals surface area contributed by atoms with E-state index in [9.17, 15) is 21.6 Å². The van der Waals surface area contributed by atoms with Crippen LogP contribution in [-0.2, 0) is 9.84 Å². The highest BCUT2D eigenvalue weighted by molar-refractivity contribution is 8.01. The van der Waals surface area contributed by atoms with E-state index in [4.69, 9.17) is 17.3 Å². The van der Waals surface area contributed by atoms with Crippen LogP contribution in [0.25, 0.3) is 22.4 Å². The topological polar surface area (TPSA) is 83.6 Å². The van der Waals surface area contributed by atoms with E-state index in [-0.39, 0.29) is 33.3 Å². The molecule has 16 heteroatoms. The van der Waals surface area contributed by atoms with Gasteiger partial charge < -0.3 is 24.8 Å². The van der Waals surface area contributed by atoms with Gasteiger partial charge in [0, 0.05) is 92.2 Å². The fraction of sp³-hybridized carbons (Fsp3) is 0.306. The van der Waals surface area contributed by atoms with E-state index in [2.05, 4.69) is 58.7 Å². The number of hydrogen-bond acceptors (Lipinski definition) is 9. The zero-order chi connectivity index (χ0) is 47.1. The number of thioether (sulfide) groups is 2. The molecule has 0 amide bonds. The van der Waals surface area contributed by atoms with Gasteiger partial charge in [0.25, 0.3) is 0 Å². The fourth-order valence-electron chi connectivity index (χ4n) is 7.65. The van der Waals surface area contributed by atoms with E-state index in [1.165, 1.54) is 59.5 Å². The second kappa shape index (κ2) is 21.9. The first kappa shape index (κ1) is 50.0. The third-order valence-electron chi connectivity index (χ3n) is 10.7. The van der Waals surface area contributed by atoms with Crippen LogP contribution in [0.3, 0.4) is 0 Å². The van der Waals surface area contributed by atoms with Gasteiger partial charge in [-0.15, -0.1) is 11.8 Å². The summed E-state index contributed by atoms with van der Waals surface area (Å²) in [5.41, 5.74) is 6.79. The van der Waals surface area contributed by atoms with Crippen molar-refractivity contribution >= 4 is 79.7 Å². The maximum Gasteiger partial charge on any atom is 0.446 e. The average molecular weight is 985 g/mol. The highest BCUT2D eigenvalue weighted by Gasteiger charge is 2.32. The first-order chi connectivity index (χ1) is 30.8. The molecule has 0 aliphatic carbocycles. The van der Waals surface area contributed by atoms with Crippen LogP contribution >= 0.6 is 47.1 Å². The molecule has 0 unspecified atom stereocenters. The van der Waals surface area contributed by atoms with Crippen molar-refractivity contribution in [1.29, 1.82) is 0 Å². The molecule has 3 N–H and O–H groups in total. The summed E-state index contributed by atoms with van der Waals surface area (Å²) in [5, 5.41) is 0.550. The van der Waals surface area contributed by atoms with Crippen LogP contribution in [0.5, 0.6) is 0 Å². The van der Waals surface area contributed by atoms with E-state index in [1.54, 1.807) is 25.1 Å². The highest BCUT2D eigenvalue weighted by atomic mass is 35.5. The summed E-state index contributed by atoms with van der Waals surface area (Å²) < 4.78 is 86.1. The number of alkyl halides is 3. The number of sulfone groups is 1. The number of benzene rings is 5. The van der Waals surface area contributed by atoms with Crippen molar-refractivity contribution in [3.05, 3.63) is 132 Å². The normalized spacial score (nSPS) is 13.3. The Balaban J connectivity index is 0.000000506. The lowest BCUT2D eigenvalue weighted by atomic mass is 9.99. The lowest BCUT2D eigenvalue weighted by Crippen LogP contribution is -2.46. The quantitative estimate of drug-likeness (QED) is 0.0480. The summed E-state index contributed by atoms with van der Waals surface area (Å²) in [6, 6.07) is 34.8. The number of aromatic nitrogens is 1. The SMILES string of the molecule is CC(C)CCSc1ccccc1.Cc1c(S(C)(=O)=O)c(-c2cc(F)cc(N3CCN(c4ccc(NSc5ccc(N)c(SC(F)(F)F)c5)cc4)CC3)c2)c(-c2ccc(Cl)cc2)n1C(C)C. The lowest BCUT2D eigenvalue weighted by Gasteiger charge is -2.37. The van der Waals surface area contributed by atoms with Gasteiger partial charge in [-0.1, -0.05) is 55.8 Å². The van der Waals surface area contributed by atoms with Gasteiger partial charge >= 0.3 is 5.51 Å². The van der Waals surface area contributed by atoms with Crippen molar-refractivity contribution in [1.82, 2.24) is 4.57 Å². The summed E-state index contributed by atoms with van der Waals surface area (Å²) in [4.78, 5) is 6.43. The fourth-order valence-corrected chi connectivity index (χ4v) is 11.5. The standard InChI is InChI=1S/C38H38ClF4N5O2S3.C11H16S/c1-23(2)48-24(3)37(53(4,49)50)35(36(48)25-5-7-27(39)8-6-25)26-19-28(40)21-31(20-26)47-17-15-46(16-18-47)30-11-9-29(10-12-30)45-52-32-13-14-33(44)34(22-32)51-38(41,42)43;1-10(2)8-9-12-11-6-4-3-5-7-11/h5-14,19-23,45H,15-18,44H2,1-4H3;3-7,10H,8-9H2,1-2H3. The number of anilines is 4. The predicted molar refractivity (Wildman–Crippen MR) is 268 cm³/mol. The van der Waals surface area contributed by atoms with Crippen LogP contribution in [0, 0.1) is 18.7 Å². The van der Waals surface area contributed by atoms with E-state index in [0.717, 1.165) is 22.9 Å². The van der Waals surface area contributed by atoms with Crippen LogP contribution in [0.15, 0.2) is 135 Å². The molecule has 0 saturated carbocycles. The molecule has 0 radical (unpaired) electrons. The number of nitrogen functional groups attached to an aromatic ring is 1. The number of nitrogens with zero attached hydrogens (tertiary/aromatic N) is 3. The molecule has 1 aliphatic heterocycles. The van der Waals surface area contributed by atoms with Crippen molar-refractivity contribution in [3.63, 3.8) is 0 Å². The van der Waals surface area contributed by atoms with Crippen LogP contribution < -0.4 is 20.3 Å². The summed E-state index contributed by atoms with van der Waals surface area (Å²) in [6.07, 6.45) is 2.49. The van der Waals surface area contributed by atoms with Crippen molar-refractivity contribution in [2.75, 3.05) is 58.4 Å². The minimum absolute atomic E-state index is 0.0464. The molecule has 65 heavy (non-hydrogen) atoms. The van der Waals surface area contributed by atoms with Crippen LogP contribution in [0.4, 0.5) is 40.3 Å². The first-order valence-electron chi connectivity index (χ1n) is 21.1. The van der Waals surface area contributed by atoms with E-state index >= 15 is 4.39 Å². The summed E-state index contributed by atoms with van der Waals surface area (Å²) in [5.74, 6) is 1.59. The number of rotatable bonds is 14. The third kappa shape index (κ3) is 13.6. The van der Waals surface area contributed by atoms with Gasteiger partial charge in [0.05, 0.1) is 10.6 Å². The van der Waals surface area contributed by atoms with Crippen LogP contribution in [-0.4, -0.2) is 56.7 Å². The van der Waals surface area contributed by atoms with Crippen molar-refractivity contribution in [3.8, 4) is 22.4 Å². The summed E-state index contributed by atoms with van der Waals surface area (Å²) >= 11 is 9.12. The molecular weight excluding hydrogens is 930 g/mol. The Morgan fingerprint density at radius 1 is 0.785 bits per heavy atom. The Hall–Kier alpha value is -4.41. The minimum Gasteiger partial charge on any atom is -0.398 e. The van der Waals surface area contributed by atoms with Gasteiger partial charge in [0.1, 0.15) is 5.82 Å². The largest absolute Gasteiger partial charge is 0.446 e. The number of nitrogens with two attached hydrogens (primary N) is 1. The maximum absolute atomic E-state index is 15.5. The Labute approximate surface area is 398 Å². The van der Waals surface area contributed by atoms with Gasteiger partial charge in [-0.3, -0.25) is 0 Å². The van der Waals surface area contributed by atoms with Crippen LogP contribution in [0.1, 0.15) is 45.9 Å². The zero-order valence-electron chi connectivity index (χ0n) is 37.1. The van der Waals surface area contributed by atoms with Crippen LogP contribution in [0.2, 0.25) is 5.02 Å². The Bertz CT molecular complexity index is 2640.